The van der Waals surface area contributed by atoms with E-state index in [1.165, 1.54) is 6.07 Å². The van der Waals surface area contributed by atoms with E-state index in [2.05, 4.69) is 21.0 Å². The van der Waals surface area contributed by atoms with Crippen molar-refractivity contribution >= 4 is 21.7 Å². The molecule has 2 rings (SSSR count). The minimum atomic E-state index is -0.300. The summed E-state index contributed by atoms with van der Waals surface area (Å²) in [4.78, 5) is 0. The Morgan fingerprint density at radius 3 is 2.69 bits per heavy atom. The molecule has 1 aromatic heterocycles. The Morgan fingerprint density at radius 1 is 1.44 bits per heavy atom. The van der Waals surface area contributed by atoms with Crippen molar-refractivity contribution < 1.29 is 4.39 Å². The van der Waals surface area contributed by atoms with E-state index in [-0.39, 0.29) is 5.82 Å². The molecule has 1 aromatic carbocycles. The number of aryl methyl sites for hydroxylation is 2. The number of hydrogen-bond donors (Lipinski definition) is 1. The van der Waals surface area contributed by atoms with Crippen LogP contribution in [0.2, 0.25) is 0 Å². The molecule has 84 valence electrons. The molecule has 0 spiro atoms. The van der Waals surface area contributed by atoms with Crippen molar-refractivity contribution in [3.05, 3.63) is 34.2 Å². The SMILES string of the molecule is Cc1nn(C)c(N)c1-c1cc(Br)ccc1F. The molecule has 16 heavy (non-hydrogen) atoms. The maximum atomic E-state index is 13.7. The van der Waals surface area contributed by atoms with Gasteiger partial charge in [0.2, 0.25) is 0 Å². The van der Waals surface area contributed by atoms with Crippen LogP contribution in [-0.4, -0.2) is 9.78 Å². The van der Waals surface area contributed by atoms with Gasteiger partial charge in [0.25, 0.3) is 0 Å². The summed E-state index contributed by atoms with van der Waals surface area (Å²) in [5, 5.41) is 4.17. The van der Waals surface area contributed by atoms with E-state index in [1.807, 2.05) is 6.92 Å². The number of benzene rings is 1. The van der Waals surface area contributed by atoms with Crippen LogP contribution in [0.4, 0.5) is 10.2 Å². The zero-order valence-electron chi connectivity index (χ0n) is 8.96. The molecule has 0 aliphatic heterocycles. The van der Waals surface area contributed by atoms with Gasteiger partial charge in [-0.1, -0.05) is 15.9 Å². The summed E-state index contributed by atoms with van der Waals surface area (Å²) in [5.41, 5.74) is 7.72. The lowest BCUT2D eigenvalue weighted by molar-refractivity contribution is 0.631. The number of aromatic nitrogens is 2. The third-order valence-electron chi connectivity index (χ3n) is 2.46. The van der Waals surface area contributed by atoms with Gasteiger partial charge < -0.3 is 5.73 Å². The lowest BCUT2D eigenvalue weighted by Gasteiger charge is -2.04. The second-order valence-corrected chi connectivity index (χ2v) is 4.51. The highest BCUT2D eigenvalue weighted by Gasteiger charge is 2.16. The van der Waals surface area contributed by atoms with Crippen molar-refractivity contribution in [2.24, 2.45) is 7.05 Å². The third-order valence-corrected chi connectivity index (χ3v) is 2.96. The molecule has 0 saturated carbocycles. The van der Waals surface area contributed by atoms with E-state index in [1.54, 1.807) is 23.9 Å². The van der Waals surface area contributed by atoms with E-state index in [9.17, 15) is 4.39 Å². The molecule has 5 heteroatoms. The van der Waals surface area contributed by atoms with Crippen molar-refractivity contribution in [3.63, 3.8) is 0 Å². The average molecular weight is 284 g/mol. The van der Waals surface area contributed by atoms with E-state index >= 15 is 0 Å². The van der Waals surface area contributed by atoms with Gasteiger partial charge >= 0.3 is 0 Å². The van der Waals surface area contributed by atoms with Crippen molar-refractivity contribution in [2.45, 2.75) is 6.92 Å². The van der Waals surface area contributed by atoms with Gasteiger partial charge in [0.1, 0.15) is 11.6 Å². The molecule has 2 aromatic rings. The van der Waals surface area contributed by atoms with Gasteiger partial charge in [-0.05, 0) is 25.1 Å². The van der Waals surface area contributed by atoms with Crippen LogP contribution in [-0.2, 0) is 7.05 Å². The molecule has 0 aliphatic carbocycles. The first-order chi connectivity index (χ1) is 7.50. The normalized spacial score (nSPS) is 10.8. The zero-order chi connectivity index (χ0) is 11.9. The van der Waals surface area contributed by atoms with E-state index in [0.717, 1.165) is 10.2 Å². The number of hydrogen-bond acceptors (Lipinski definition) is 2. The van der Waals surface area contributed by atoms with Crippen molar-refractivity contribution in [2.75, 3.05) is 5.73 Å². The van der Waals surface area contributed by atoms with Crippen LogP contribution >= 0.6 is 15.9 Å². The summed E-state index contributed by atoms with van der Waals surface area (Å²) in [7, 11) is 1.74. The second kappa shape index (κ2) is 3.90. The summed E-state index contributed by atoms with van der Waals surface area (Å²) in [5.74, 6) is 0.167. The van der Waals surface area contributed by atoms with Gasteiger partial charge in [-0.25, -0.2) is 4.39 Å². The maximum Gasteiger partial charge on any atom is 0.131 e. The number of nitrogen functional groups attached to an aromatic ring is 1. The van der Waals surface area contributed by atoms with Crippen molar-refractivity contribution in [3.8, 4) is 11.1 Å². The standard InChI is InChI=1S/C11H11BrFN3/c1-6-10(11(14)16(2)15-6)8-5-7(12)3-4-9(8)13/h3-5H,14H2,1-2H3. The predicted octanol–water partition coefficient (Wildman–Crippen LogP) is 2.88. The van der Waals surface area contributed by atoms with Crippen LogP contribution in [0.5, 0.6) is 0 Å². The highest BCUT2D eigenvalue weighted by atomic mass is 79.9. The molecule has 0 radical (unpaired) electrons. The van der Waals surface area contributed by atoms with Gasteiger partial charge in [0.15, 0.2) is 0 Å². The predicted molar refractivity (Wildman–Crippen MR) is 65.5 cm³/mol. The summed E-state index contributed by atoms with van der Waals surface area (Å²) < 4.78 is 16.1. The largest absolute Gasteiger partial charge is 0.383 e. The first-order valence-electron chi connectivity index (χ1n) is 4.75. The fraction of sp³-hybridized carbons (Fsp3) is 0.182. The Bertz CT molecular complexity index is 548. The average Bonchev–Trinajstić information content (AvgIpc) is 2.46. The molecule has 3 nitrogen and oxygen atoms in total. The minimum absolute atomic E-state index is 0.300. The molecular formula is C11H11BrFN3. The van der Waals surface area contributed by atoms with Crippen LogP contribution in [0, 0.1) is 12.7 Å². The molecular weight excluding hydrogens is 273 g/mol. The van der Waals surface area contributed by atoms with Gasteiger partial charge in [0.05, 0.1) is 5.69 Å². The molecule has 2 N–H and O–H groups in total. The van der Waals surface area contributed by atoms with Crippen molar-refractivity contribution in [1.82, 2.24) is 9.78 Å². The van der Waals surface area contributed by atoms with Crippen LogP contribution in [0.25, 0.3) is 11.1 Å². The topological polar surface area (TPSA) is 43.8 Å². The molecule has 0 saturated heterocycles. The fourth-order valence-electron chi connectivity index (χ4n) is 1.70. The minimum Gasteiger partial charge on any atom is -0.383 e. The molecule has 0 unspecified atom stereocenters. The smallest absolute Gasteiger partial charge is 0.131 e. The molecule has 0 aliphatic rings. The fourth-order valence-corrected chi connectivity index (χ4v) is 2.06. The summed E-state index contributed by atoms with van der Waals surface area (Å²) in [6.45, 7) is 1.81. The van der Waals surface area contributed by atoms with Gasteiger partial charge in [-0.3, -0.25) is 4.68 Å². The quantitative estimate of drug-likeness (QED) is 0.875. The van der Waals surface area contributed by atoms with Gasteiger partial charge in [0, 0.05) is 22.6 Å². The maximum absolute atomic E-state index is 13.7. The number of rotatable bonds is 1. The first kappa shape index (κ1) is 11.1. The molecule has 0 fully saturated rings. The molecule has 1 heterocycles. The first-order valence-corrected chi connectivity index (χ1v) is 5.54. The molecule has 0 atom stereocenters. The van der Waals surface area contributed by atoms with E-state index in [4.69, 9.17) is 5.73 Å². The van der Waals surface area contributed by atoms with E-state index < -0.39 is 0 Å². The van der Waals surface area contributed by atoms with Gasteiger partial charge in [-0.2, -0.15) is 5.10 Å². The Morgan fingerprint density at radius 2 is 2.12 bits per heavy atom. The Balaban J connectivity index is 2.71. The Hall–Kier alpha value is -1.36. The van der Waals surface area contributed by atoms with Crippen LogP contribution in [0.1, 0.15) is 5.69 Å². The zero-order valence-corrected chi connectivity index (χ0v) is 10.5. The van der Waals surface area contributed by atoms with Crippen molar-refractivity contribution in [1.29, 1.82) is 0 Å². The molecule has 0 amide bonds. The summed E-state index contributed by atoms with van der Waals surface area (Å²) >= 11 is 3.31. The highest BCUT2D eigenvalue weighted by molar-refractivity contribution is 9.10. The third kappa shape index (κ3) is 1.71. The monoisotopic (exact) mass is 283 g/mol. The highest BCUT2D eigenvalue weighted by Crippen LogP contribution is 2.32. The summed E-state index contributed by atoms with van der Waals surface area (Å²) in [6, 6.07) is 4.77. The second-order valence-electron chi connectivity index (χ2n) is 3.59. The number of nitrogens with two attached hydrogens (primary N) is 1. The number of halogens is 2. The number of anilines is 1. The lowest BCUT2D eigenvalue weighted by Crippen LogP contribution is -1.98. The van der Waals surface area contributed by atoms with Crippen LogP contribution in [0.3, 0.4) is 0 Å². The summed E-state index contributed by atoms with van der Waals surface area (Å²) in [6.07, 6.45) is 0. The molecule has 0 bridgehead atoms. The van der Waals surface area contributed by atoms with Crippen LogP contribution in [0.15, 0.2) is 22.7 Å². The number of nitrogens with zero attached hydrogens (tertiary/aromatic N) is 2. The Kier molecular flexibility index (Phi) is 2.71. The van der Waals surface area contributed by atoms with E-state index in [0.29, 0.717) is 16.9 Å². The lowest BCUT2D eigenvalue weighted by atomic mass is 10.1. The Labute approximate surface area is 101 Å². The van der Waals surface area contributed by atoms with Crippen LogP contribution < -0.4 is 5.73 Å². The van der Waals surface area contributed by atoms with Gasteiger partial charge in [-0.15, -0.1) is 0 Å².